The van der Waals surface area contributed by atoms with E-state index in [1.54, 1.807) is 28.8 Å². The lowest BCUT2D eigenvalue weighted by molar-refractivity contribution is -0.112. The van der Waals surface area contributed by atoms with Gasteiger partial charge < -0.3 is 4.90 Å². The van der Waals surface area contributed by atoms with Crippen LogP contribution in [0.3, 0.4) is 0 Å². The largest absolute Gasteiger partial charge is 0.307 e. The number of hydrogen-bond donors (Lipinski definition) is 0. The number of thiazole rings is 1. The zero-order chi connectivity index (χ0) is 19.0. The summed E-state index contributed by atoms with van der Waals surface area (Å²) in [5.41, 5.74) is 3.60. The van der Waals surface area contributed by atoms with Crippen LogP contribution < -0.4 is 9.70 Å². The van der Waals surface area contributed by atoms with Crippen LogP contribution in [0.25, 0.3) is 11.3 Å². The third-order valence-electron chi connectivity index (χ3n) is 4.43. The van der Waals surface area contributed by atoms with Crippen LogP contribution in [0, 0.1) is 5.82 Å². The number of benzene rings is 2. The maximum Gasteiger partial charge on any atom is 0.279 e. The van der Waals surface area contributed by atoms with Crippen molar-refractivity contribution in [2.75, 3.05) is 18.5 Å². The van der Waals surface area contributed by atoms with Crippen molar-refractivity contribution < 1.29 is 9.18 Å². The third kappa shape index (κ3) is 2.90. The summed E-state index contributed by atoms with van der Waals surface area (Å²) in [6.07, 6.45) is 0. The van der Waals surface area contributed by atoms with E-state index in [0.29, 0.717) is 17.1 Å². The van der Waals surface area contributed by atoms with Gasteiger partial charge in [0, 0.05) is 30.1 Å². The van der Waals surface area contributed by atoms with E-state index in [9.17, 15) is 9.18 Å². The minimum atomic E-state index is -0.300. The molecule has 1 aromatic heterocycles. The molecule has 0 spiro atoms. The normalized spacial score (nSPS) is 15.7. The van der Waals surface area contributed by atoms with Gasteiger partial charge in [0.25, 0.3) is 5.91 Å². The van der Waals surface area contributed by atoms with Gasteiger partial charge in [0.2, 0.25) is 4.80 Å². The Morgan fingerprint density at radius 1 is 1.11 bits per heavy atom. The highest BCUT2D eigenvalue weighted by molar-refractivity contribution is 7.07. The predicted molar refractivity (Wildman–Crippen MR) is 106 cm³/mol. The van der Waals surface area contributed by atoms with Crippen molar-refractivity contribution in [3.05, 3.63) is 70.1 Å². The van der Waals surface area contributed by atoms with Gasteiger partial charge in [-0.2, -0.15) is 5.10 Å². The number of amides is 1. The van der Waals surface area contributed by atoms with E-state index in [0.717, 1.165) is 22.5 Å². The summed E-state index contributed by atoms with van der Waals surface area (Å²) in [4.78, 5) is 19.6. The van der Waals surface area contributed by atoms with Gasteiger partial charge in [-0.1, -0.05) is 18.2 Å². The van der Waals surface area contributed by atoms with Gasteiger partial charge in [0.05, 0.1) is 11.4 Å². The fraction of sp³-hybridized carbons (Fsp3) is 0.150. The van der Waals surface area contributed by atoms with E-state index in [1.807, 2.05) is 36.6 Å². The van der Waals surface area contributed by atoms with E-state index in [1.165, 1.54) is 23.5 Å². The molecule has 0 radical (unpaired) electrons. The summed E-state index contributed by atoms with van der Waals surface area (Å²) in [5, 5.41) is 6.58. The smallest absolute Gasteiger partial charge is 0.279 e. The zero-order valence-electron chi connectivity index (χ0n) is 14.9. The summed E-state index contributed by atoms with van der Waals surface area (Å²) in [6.45, 7) is 2.51. The molecule has 0 saturated carbocycles. The van der Waals surface area contributed by atoms with Crippen molar-refractivity contribution in [1.29, 1.82) is 0 Å². The minimum absolute atomic E-state index is 0.135. The fourth-order valence-corrected chi connectivity index (χ4v) is 3.94. The van der Waals surface area contributed by atoms with Crippen molar-refractivity contribution in [3.63, 3.8) is 0 Å². The number of rotatable bonds is 3. The predicted octanol–water partition coefficient (Wildman–Crippen LogP) is 3.51. The topological polar surface area (TPSA) is 50.0 Å². The average Bonchev–Trinajstić information content (AvgIpc) is 3.21. The van der Waals surface area contributed by atoms with E-state index in [-0.39, 0.29) is 11.7 Å². The maximum absolute atomic E-state index is 13.3. The Morgan fingerprint density at radius 2 is 1.85 bits per heavy atom. The van der Waals surface area contributed by atoms with Gasteiger partial charge in [0.1, 0.15) is 5.82 Å². The maximum atomic E-state index is 13.3. The average molecular weight is 380 g/mol. The van der Waals surface area contributed by atoms with Crippen LogP contribution in [0.15, 0.2) is 64.0 Å². The molecule has 0 N–H and O–H groups in total. The lowest BCUT2D eigenvalue weighted by atomic mass is 10.1. The number of hydrogen-bond acceptors (Lipinski definition) is 4. The second-order valence-electron chi connectivity index (χ2n) is 5.96. The molecule has 0 bridgehead atoms. The van der Waals surface area contributed by atoms with Crippen LogP contribution in [0.2, 0.25) is 0 Å². The van der Waals surface area contributed by atoms with Crippen LogP contribution in [-0.2, 0) is 4.79 Å². The molecule has 1 aliphatic rings. The monoisotopic (exact) mass is 380 g/mol. The number of carbonyl (C=O) groups is 1. The van der Waals surface area contributed by atoms with Crippen molar-refractivity contribution in [2.24, 2.45) is 10.1 Å². The molecule has 2 aromatic carbocycles. The molecule has 5 nitrogen and oxygen atoms in total. The highest BCUT2D eigenvalue weighted by Crippen LogP contribution is 2.29. The molecule has 4 rings (SSSR count). The number of aromatic nitrogens is 1. The van der Waals surface area contributed by atoms with Gasteiger partial charge >= 0.3 is 0 Å². The standard InChI is InChI=1S/C20H17FN4OS/c1-3-24-16-7-5-4-6-15(16)18(19(24)26)23-25-17(12-27-20(25)22-2)13-8-10-14(21)11-9-13/h4-12H,3H2,1-2H3. The summed E-state index contributed by atoms with van der Waals surface area (Å²) in [7, 11) is 1.68. The van der Waals surface area contributed by atoms with E-state index >= 15 is 0 Å². The second-order valence-corrected chi connectivity index (χ2v) is 6.80. The Bertz CT molecular complexity index is 1110. The Kier molecular flexibility index (Phi) is 4.45. The molecule has 1 amide bonds. The number of likely N-dealkylation sites (N-methyl/N-ethyl adjacent to an activating group) is 1. The first kappa shape index (κ1) is 17.4. The number of halogens is 1. The van der Waals surface area contributed by atoms with E-state index in [4.69, 9.17) is 0 Å². The molecule has 0 fully saturated rings. The molecule has 7 heteroatoms. The molecule has 1 aliphatic heterocycles. The van der Waals surface area contributed by atoms with Crippen molar-refractivity contribution >= 4 is 28.6 Å². The van der Waals surface area contributed by atoms with Crippen molar-refractivity contribution in [2.45, 2.75) is 6.92 Å². The SMILES string of the molecule is CCN1C(=O)C(=Nn2c(-c3ccc(F)cc3)csc2=NC)c2ccccc21. The van der Waals surface area contributed by atoms with Crippen LogP contribution in [0.1, 0.15) is 12.5 Å². The Labute approximate surface area is 159 Å². The van der Waals surface area contributed by atoms with Gasteiger partial charge in [0.15, 0.2) is 5.71 Å². The highest BCUT2D eigenvalue weighted by Gasteiger charge is 2.33. The first-order valence-corrected chi connectivity index (χ1v) is 9.41. The Balaban J connectivity index is 1.91. The zero-order valence-corrected chi connectivity index (χ0v) is 15.7. The Morgan fingerprint density at radius 3 is 2.56 bits per heavy atom. The highest BCUT2D eigenvalue weighted by atomic mass is 32.1. The molecule has 0 unspecified atom stereocenters. The van der Waals surface area contributed by atoms with Crippen molar-refractivity contribution in [3.8, 4) is 11.3 Å². The Hall–Kier alpha value is -3.06. The third-order valence-corrected chi connectivity index (χ3v) is 5.34. The van der Waals surface area contributed by atoms with Crippen LogP contribution in [0.5, 0.6) is 0 Å². The summed E-state index contributed by atoms with van der Waals surface area (Å²) in [5.74, 6) is -0.435. The summed E-state index contributed by atoms with van der Waals surface area (Å²) < 4.78 is 15.0. The molecule has 0 aliphatic carbocycles. The number of anilines is 1. The van der Waals surface area contributed by atoms with Crippen LogP contribution >= 0.6 is 11.3 Å². The van der Waals surface area contributed by atoms with Crippen molar-refractivity contribution in [1.82, 2.24) is 4.68 Å². The molecular formula is C20H17FN4OS. The molecule has 0 saturated heterocycles. The summed E-state index contributed by atoms with van der Waals surface area (Å²) in [6, 6.07) is 13.8. The van der Waals surface area contributed by atoms with Gasteiger partial charge in [-0.25, -0.2) is 9.07 Å². The molecule has 2 heterocycles. The number of para-hydroxylation sites is 1. The van der Waals surface area contributed by atoms with Gasteiger partial charge in [-0.15, -0.1) is 11.3 Å². The van der Waals surface area contributed by atoms with Crippen LogP contribution in [0.4, 0.5) is 10.1 Å². The number of nitrogens with zero attached hydrogens (tertiary/aromatic N) is 4. The first-order valence-electron chi connectivity index (χ1n) is 8.53. The van der Waals surface area contributed by atoms with Gasteiger partial charge in [-0.05, 0) is 37.3 Å². The summed E-state index contributed by atoms with van der Waals surface area (Å²) >= 11 is 1.42. The van der Waals surface area contributed by atoms with Crippen LogP contribution in [-0.4, -0.2) is 29.9 Å². The molecular weight excluding hydrogens is 363 g/mol. The first-order chi connectivity index (χ1) is 13.1. The quantitative estimate of drug-likeness (QED) is 0.686. The number of fused-ring (bicyclic) bond motifs is 1. The number of carbonyl (C=O) groups excluding carboxylic acids is 1. The minimum Gasteiger partial charge on any atom is -0.307 e. The second kappa shape index (κ2) is 6.92. The molecule has 3 aromatic rings. The van der Waals surface area contributed by atoms with E-state index in [2.05, 4.69) is 10.1 Å². The lowest BCUT2D eigenvalue weighted by Gasteiger charge is -2.13. The van der Waals surface area contributed by atoms with Gasteiger partial charge in [-0.3, -0.25) is 9.79 Å². The lowest BCUT2D eigenvalue weighted by Crippen LogP contribution is -2.30. The fourth-order valence-electron chi connectivity index (χ4n) is 3.14. The molecule has 27 heavy (non-hydrogen) atoms. The van der Waals surface area contributed by atoms with E-state index < -0.39 is 0 Å². The molecule has 136 valence electrons. The molecule has 0 atom stereocenters.